The molecular weight excluding hydrogens is 372 g/mol. The van der Waals surface area contributed by atoms with Crippen molar-refractivity contribution in [2.75, 3.05) is 24.5 Å². The van der Waals surface area contributed by atoms with Crippen molar-refractivity contribution in [1.82, 2.24) is 14.9 Å². The third-order valence-corrected chi connectivity index (χ3v) is 6.01. The van der Waals surface area contributed by atoms with Crippen molar-refractivity contribution < 1.29 is 4.79 Å². The molecule has 2 aliphatic rings. The highest BCUT2D eigenvalue weighted by molar-refractivity contribution is 6.31. The topological polar surface area (TPSA) is 52.2 Å². The number of nitrogens with zero attached hydrogens (tertiary/aromatic N) is 3. The van der Waals surface area contributed by atoms with Crippen LogP contribution in [0.2, 0.25) is 5.02 Å². The maximum absolute atomic E-state index is 13.0. The number of halogens is 1. The molecule has 28 heavy (non-hydrogen) atoms. The van der Waals surface area contributed by atoms with Gasteiger partial charge in [0.1, 0.15) is 5.65 Å². The normalized spacial score (nSPS) is 20.8. The number of aromatic nitrogens is 2. The molecule has 2 aromatic heterocycles. The molecule has 5 nitrogen and oxygen atoms in total. The number of benzene rings is 1. The molecule has 1 atom stereocenters. The number of pyridine rings is 1. The standard InChI is InChI=1S/C22H21ClN4O/c23-16-3-1-4-17(13-16)27-12-8-20(22(27)28)26-10-6-15(7-11-26)19-14-25-21-18(19)5-2-9-24-21/h1-6,9,13-14,20H,7-8,10-12H2,(H,24,25). The molecule has 1 saturated heterocycles. The summed E-state index contributed by atoms with van der Waals surface area (Å²) < 4.78 is 0. The molecule has 0 saturated carbocycles. The average Bonchev–Trinajstić information content (AvgIpc) is 3.32. The van der Waals surface area contributed by atoms with Crippen LogP contribution in [0.1, 0.15) is 18.4 Å². The molecule has 5 rings (SSSR count). The van der Waals surface area contributed by atoms with E-state index < -0.39 is 0 Å². The molecule has 6 heteroatoms. The summed E-state index contributed by atoms with van der Waals surface area (Å²) in [5.74, 6) is 0.176. The monoisotopic (exact) mass is 392 g/mol. The number of fused-ring (bicyclic) bond motifs is 1. The van der Waals surface area contributed by atoms with Gasteiger partial charge in [0.05, 0.1) is 6.04 Å². The van der Waals surface area contributed by atoms with Crippen molar-refractivity contribution in [2.45, 2.75) is 18.9 Å². The molecule has 3 aromatic rings. The molecule has 2 aliphatic heterocycles. The lowest BCUT2D eigenvalue weighted by molar-refractivity contribution is -0.121. The predicted molar refractivity (Wildman–Crippen MR) is 112 cm³/mol. The van der Waals surface area contributed by atoms with Gasteiger partial charge in [0.25, 0.3) is 0 Å². The molecule has 0 aliphatic carbocycles. The summed E-state index contributed by atoms with van der Waals surface area (Å²) in [6.45, 7) is 2.42. The van der Waals surface area contributed by atoms with Gasteiger partial charge < -0.3 is 9.88 Å². The van der Waals surface area contributed by atoms with E-state index in [1.165, 1.54) is 11.1 Å². The molecule has 1 N–H and O–H groups in total. The number of aromatic amines is 1. The Labute approximate surface area is 168 Å². The Balaban J connectivity index is 1.32. The number of hydrogen-bond donors (Lipinski definition) is 1. The van der Waals surface area contributed by atoms with E-state index >= 15 is 0 Å². The molecule has 0 bridgehead atoms. The highest BCUT2D eigenvalue weighted by atomic mass is 35.5. The first-order valence-corrected chi connectivity index (χ1v) is 10.0. The first-order valence-electron chi connectivity index (χ1n) is 9.63. The van der Waals surface area contributed by atoms with E-state index in [1.807, 2.05) is 41.4 Å². The Morgan fingerprint density at radius 3 is 2.93 bits per heavy atom. The zero-order valence-electron chi connectivity index (χ0n) is 15.4. The minimum atomic E-state index is -0.0542. The van der Waals surface area contributed by atoms with Gasteiger partial charge in [-0.1, -0.05) is 23.7 Å². The average molecular weight is 393 g/mol. The Bertz CT molecular complexity index is 1070. The molecule has 0 radical (unpaired) electrons. The van der Waals surface area contributed by atoms with Crippen LogP contribution in [0, 0.1) is 0 Å². The minimum absolute atomic E-state index is 0.0542. The van der Waals surface area contributed by atoms with Crippen molar-refractivity contribution in [3.05, 3.63) is 65.5 Å². The third-order valence-electron chi connectivity index (χ3n) is 5.78. The van der Waals surface area contributed by atoms with Crippen LogP contribution < -0.4 is 4.90 Å². The predicted octanol–water partition coefficient (Wildman–Crippen LogP) is 4.11. The van der Waals surface area contributed by atoms with Crippen LogP contribution in [-0.2, 0) is 4.79 Å². The maximum atomic E-state index is 13.0. The van der Waals surface area contributed by atoms with E-state index in [0.29, 0.717) is 5.02 Å². The van der Waals surface area contributed by atoms with Crippen LogP contribution in [-0.4, -0.2) is 46.5 Å². The van der Waals surface area contributed by atoms with E-state index in [0.717, 1.165) is 49.2 Å². The molecule has 0 spiro atoms. The SMILES string of the molecule is O=C1C(N2CC=C(c3c[nH]c4ncccc34)CC2)CCN1c1cccc(Cl)c1. The lowest BCUT2D eigenvalue weighted by Gasteiger charge is -2.30. The number of carbonyl (C=O) groups is 1. The van der Waals surface area contributed by atoms with E-state index in [9.17, 15) is 4.79 Å². The van der Waals surface area contributed by atoms with Crippen molar-refractivity contribution >= 4 is 39.8 Å². The highest BCUT2D eigenvalue weighted by Gasteiger charge is 2.37. The van der Waals surface area contributed by atoms with Gasteiger partial charge in [0, 0.05) is 53.7 Å². The number of carbonyl (C=O) groups excluding carboxylic acids is 1. The summed E-state index contributed by atoms with van der Waals surface area (Å²) >= 11 is 6.10. The number of rotatable bonds is 3. The maximum Gasteiger partial charge on any atom is 0.244 e. The molecule has 1 unspecified atom stereocenters. The number of nitrogens with one attached hydrogen (secondary N) is 1. The minimum Gasteiger partial charge on any atom is -0.346 e. The Kier molecular flexibility index (Phi) is 4.41. The van der Waals surface area contributed by atoms with Crippen LogP contribution in [0.5, 0.6) is 0 Å². The number of anilines is 1. The first-order chi connectivity index (χ1) is 13.7. The van der Waals surface area contributed by atoms with Gasteiger partial charge in [-0.05, 0) is 48.7 Å². The number of amides is 1. The second-order valence-corrected chi connectivity index (χ2v) is 7.79. The lowest BCUT2D eigenvalue weighted by Crippen LogP contribution is -2.43. The summed E-state index contributed by atoms with van der Waals surface area (Å²) in [7, 11) is 0. The van der Waals surface area contributed by atoms with Gasteiger partial charge in [0.15, 0.2) is 0 Å². The third kappa shape index (κ3) is 3.01. The van der Waals surface area contributed by atoms with Crippen LogP contribution >= 0.6 is 11.6 Å². The summed E-state index contributed by atoms with van der Waals surface area (Å²) in [6, 6.07) is 11.6. The van der Waals surface area contributed by atoms with Gasteiger partial charge in [-0.2, -0.15) is 0 Å². The van der Waals surface area contributed by atoms with Crippen molar-refractivity contribution in [3.63, 3.8) is 0 Å². The summed E-state index contributed by atoms with van der Waals surface area (Å²) in [5, 5.41) is 1.82. The van der Waals surface area contributed by atoms with Crippen LogP contribution in [0.4, 0.5) is 5.69 Å². The first kappa shape index (κ1) is 17.5. The highest BCUT2D eigenvalue weighted by Crippen LogP contribution is 2.31. The van der Waals surface area contributed by atoms with Crippen LogP contribution in [0.3, 0.4) is 0 Å². The van der Waals surface area contributed by atoms with Crippen molar-refractivity contribution in [1.29, 1.82) is 0 Å². The largest absolute Gasteiger partial charge is 0.346 e. The summed E-state index contributed by atoms with van der Waals surface area (Å²) in [5.41, 5.74) is 4.36. The summed E-state index contributed by atoms with van der Waals surface area (Å²) in [4.78, 5) is 24.8. The van der Waals surface area contributed by atoms with Crippen LogP contribution in [0.15, 0.2) is 54.9 Å². The number of hydrogen-bond acceptors (Lipinski definition) is 3. The lowest BCUT2D eigenvalue weighted by atomic mass is 9.98. The van der Waals surface area contributed by atoms with E-state index in [1.54, 1.807) is 6.20 Å². The van der Waals surface area contributed by atoms with Gasteiger partial charge in [0.2, 0.25) is 5.91 Å². The Morgan fingerprint density at radius 2 is 2.11 bits per heavy atom. The second-order valence-electron chi connectivity index (χ2n) is 7.35. The van der Waals surface area contributed by atoms with Crippen molar-refractivity contribution in [2.24, 2.45) is 0 Å². The fraction of sp³-hybridized carbons (Fsp3) is 0.273. The smallest absolute Gasteiger partial charge is 0.244 e. The van der Waals surface area contributed by atoms with Crippen LogP contribution in [0.25, 0.3) is 16.6 Å². The molecule has 1 fully saturated rings. The molecule has 1 aromatic carbocycles. The fourth-order valence-electron chi connectivity index (χ4n) is 4.34. The molecule has 1 amide bonds. The zero-order valence-corrected chi connectivity index (χ0v) is 16.2. The molecular formula is C22H21ClN4O. The van der Waals surface area contributed by atoms with Gasteiger partial charge in [-0.3, -0.25) is 9.69 Å². The van der Waals surface area contributed by atoms with Crippen molar-refractivity contribution in [3.8, 4) is 0 Å². The second kappa shape index (κ2) is 7.08. The van der Waals surface area contributed by atoms with E-state index in [2.05, 4.69) is 27.0 Å². The quantitative estimate of drug-likeness (QED) is 0.729. The summed E-state index contributed by atoms with van der Waals surface area (Å²) in [6.07, 6.45) is 7.89. The number of H-pyrrole nitrogens is 1. The Morgan fingerprint density at radius 1 is 1.18 bits per heavy atom. The van der Waals surface area contributed by atoms with Gasteiger partial charge >= 0.3 is 0 Å². The molecule has 142 valence electrons. The van der Waals surface area contributed by atoms with E-state index in [4.69, 9.17) is 11.6 Å². The van der Waals surface area contributed by atoms with Gasteiger partial charge in [-0.15, -0.1) is 0 Å². The zero-order chi connectivity index (χ0) is 19.1. The molecule has 4 heterocycles. The van der Waals surface area contributed by atoms with Gasteiger partial charge in [-0.25, -0.2) is 4.98 Å². The van der Waals surface area contributed by atoms with E-state index in [-0.39, 0.29) is 11.9 Å². The fourth-order valence-corrected chi connectivity index (χ4v) is 4.52. The Hall–Kier alpha value is -2.63.